The molecule has 1 amide bonds. The van der Waals surface area contributed by atoms with Crippen LogP contribution >= 0.6 is 12.4 Å². The van der Waals surface area contributed by atoms with Gasteiger partial charge in [0.2, 0.25) is 5.91 Å². The second kappa shape index (κ2) is 9.34. The molecule has 1 fully saturated rings. The van der Waals surface area contributed by atoms with E-state index in [1.807, 2.05) is 25.1 Å². The van der Waals surface area contributed by atoms with Crippen LogP contribution in [0.3, 0.4) is 0 Å². The molecule has 0 spiro atoms. The van der Waals surface area contributed by atoms with Crippen LogP contribution in [0.2, 0.25) is 0 Å². The van der Waals surface area contributed by atoms with E-state index in [0.717, 1.165) is 24.3 Å². The number of carbonyl (C=O) groups is 1. The Hall–Kier alpha value is -2.18. The lowest BCUT2D eigenvalue weighted by atomic mass is 10.1. The molecule has 3 rings (SSSR count). The minimum atomic E-state index is 0. The molecule has 7 heteroatoms. The minimum Gasteiger partial charge on any atom is -0.424 e. The average molecular weight is 363 g/mol. The normalized spacial score (nSPS) is 16.1. The van der Waals surface area contributed by atoms with Crippen LogP contribution in [0.25, 0.3) is 0 Å². The lowest BCUT2D eigenvalue weighted by Gasteiger charge is -2.10. The number of rotatable bonds is 6. The molecule has 134 valence electrons. The van der Waals surface area contributed by atoms with Crippen molar-refractivity contribution >= 4 is 24.0 Å². The van der Waals surface area contributed by atoms with Crippen LogP contribution in [0, 0.1) is 6.92 Å². The average Bonchev–Trinajstić information content (AvgIpc) is 3.08. The zero-order valence-electron chi connectivity index (χ0n) is 14.2. The van der Waals surface area contributed by atoms with Crippen molar-refractivity contribution in [3.63, 3.8) is 0 Å². The summed E-state index contributed by atoms with van der Waals surface area (Å²) in [5.74, 6) is 0.674. The van der Waals surface area contributed by atoms with E-state index in [0.29, 0.717) is 24.2 Å². The van der Waals surface area contributed by atoms with Gasteiger partial charge in [-0.15, -0.1) is 12.4 Å². The smallest absolute Gasteiger partial charge is 0.322 e. The predicted molar refractivity (Wildman–Crippen MR) is 99.4 cm³/mol. The van der Waals surface area contributed by atoms with Crippen LogP contribution in [0.5, 0.6) is 11.8 Å². The molecule has 2 aromatic rings. The SMILES string of the molecule is Cc1ccnc(Oc2ccc(NC(=O)CC[C@@H]3CCCN3)cc2)n1.Cl. The molecular weight excluding hydrogens is 340 g/mol. The number of aromatic nitrogens is 2. The lowest BCUT2D eigenvalue weighted by Crippen LogP contribution is -2.23. The summed E-state index contributed by atoms with van der Waals surface area (Å²) in [6.07, 6.45) is 5.45. The summed E-state index contributed by atoms with van der Waals surface area (Å²) in [6.45, 7) is 2.95. The van der Waals surface area contributed by atoms with Crippen molar-refractivity contribution in [1.82, 2.24) is 15.3 Å². The summed E-state index contributed by atoms with van der Waals surface area (Å²) in [4.78, 5) is 20.2. The first-order valence-electron chi connectivity index (χ1n) is 8.30. The van der Waals surface area contributed by atoms with Crippen molar-refractivity contribution in [3.8, 4) is 11.8 Å². The van der Waals surface area contributed by atoms with Crippen molar-refractivity contribution in [2.45, 2.75) is 38.6 Å². The van der Waals surface area contributed by atoms with E-state index in [2.05, 4.69) is 20.6 Å². The van der Waals surface area contributed by atoms with Gasteiger partial charge in [-0.25, -0.2) is 9.97 Å². The summed E-state index contributed by atoms with van der Waals surface area (Å²) < 4.78 is 5.59. The topological polar surface area (TPSA) is 76.1 Å². The van der Waals surface area contributed by atoms with Gasteiger partial charge in [-0.1, -0.05) is 0 Å². The quantitative estimate of drug-likeness (QED) is 0.822. The van der Waals surface area contributed by atoms with Gasteiger partial charge in [0.1, 0.15) is 5.75 Å². The zero-order valence-corrected chi connectivity index (χ0v) is 15.0. The number of anilines is 1. The summed E-state index contributed by atoms with van der Waals surface area (Å²) in [7, 11) is 0. The Morgan fingerprint density at radius 3 is 2.80 bits per heavy atom. The fourth-order valence-corrected chi connectivity index (χ4v) is 2.72. The largest absolute Gasteiger partial charge is 0.424 e. The first-order valence-corrected chi connectivity index (χ1v) is 8.30. The van der Waals surface area contributed by atoms with Crippen molar-refractivity contribution < 1.29 is 9.53 Å². The van der Waals surface area contributed by atoms with Crippen LogP contribution in [0.4, 0.5) is 5.69 Å². The summed E-state index contributed by atoms with van der Waals surface area (Å²) in [6, 6.07) is 9.83. The lowest BCUT2D eigenvalue weighted by molar-refractivity contribution is -0.116. The van der Waals surface area contributed by atoms with E-state index in [1.165, 1.54) is 12.8 Å². The molecule has 1 saturated heterocycles. The Kier molecular flexibility index (Phi) is 7.16. The number of nitrogens with one attached hydrogen (secondary N) is 2. The fraction of sp³-hybridized carbons (Fsp3) is 0.389. The number of ether oxygens (including phenoxy) is 1. The van der Waals surface area contributed by atoms with Crippen molar-refractivity contribution in [2.24, 2.45) is 0 Å². The maximum Gasteiger partial charge on any atom is 0.322 e. The molecule has 0 radical (unpaired) electrons. The molecule has 2 heterocycles. The van der Waals surface area contributed by atoms with Crippen LogP contribution in [0.1, 0.15) is 31.4 Å². The van der Waals surface area contributed by atoms with Gasteiger partial charge in [0, 0.05) is 30.0 Å². The number of carbonyl (C=O) groups excluding carboxylic acids is 1. The van der Waals surface area contributed by atoms with E-state index >= 15 is 0 Å². The molecule has 0 bridgehead atoms. The van der Waals surface area contributed by atoms with Gasteiger partial charge in [0.15, 0.2) is 0 Å². The number of nitrogens with zero attached hydrogens (tertiary/aromatic N) is 2. The summed E-state index contributed by atoms with van der Waals surface area (Å²) >= 11 is 0. The molecule has 0 unspecified atom stereocenters. The van der Waals surface area contributed by atoms with E-state index in [-0.39, 0.29) is 18.3 Å². The summed E-state index contributed by atoms with van der Waals surface area (Å²) in [5.41, 5.74) is 1.61. The second-order valence-corrected chi connectivity index (χ2v) is 5.99. The highest BCUT2D eigenvalue weighted by molar-refractivity contribution is 5.90. The highest BCUT2D eigenvalue weighted by Gasteiger charge is 2.15. The van der Waals surface area contributed by atoms with E-state index < -0.39 is 0 Å². The van der Waals surface area contributed by atoms with Gasteiger partial charge < -0.3 is 15.4 Å². The Balaban J connectivity index is 0.00000225. The molecule has 1 aromatic heterocycles. The fourth-order valence-electron chi connectivity index (χ4n) is 2.72. The molecule has 1 aliphatic heterocycles. The van der Waals surface area contributed by atoms with Crippen LogP contribution in [0.15, 0.2) is 36.5 Å². The molecule has 25 heavy (non-hydrogen) atoms. The molecule has 6 nitrogen and oxygen atoms in total. The monoisotopic (exact) mass is 362 g/mol. The number of halogens is 1. The third kappa shape index (κ3) is 5.99. The molecule has 0 saturated carbocycles. The highest BCUT2D eigenvalue weighted by atomic mass is 35.5. The van der Waals surface area contributed by atoms with E-state index in [9.17, 15) is 4.79 Å². The molecule has 0 aliphatic carbocycles. The molecule has 1 aliphatic rings. The Morgan fingerprint density at radius 1 is 1.32 bits per heavy atom. The van der Waals surface area contributed by atoms with Crippen LogP contribution in [-0.4, -0.2) is 28.5 Å². The predicted octanol–water partition coefficient (Wildman–Crippen LogP) is 3.47. The second-order valence-electron chi connectivity index (χ2n) is 5.99. The van der Waals surface area contributed by atoms with Crippen molar-refractivity contribution in [1.29, 1.82) is 0 Å². The maximum absolute atomic E-state index is 12.0. The molecule has 1 aromatic carbocycles. The van der Waals surface area contributed by atoms with Crippen molar-refractivity contribution in [3.05, 3.63) is 42.2 Å². The van der Waals surface area contributed by atoms with Gasteiger partial charge in [-0.2, -0.15) is 0 Å². The van der Waals surface area contributed by atoms with Gasteiger partial charge in [-0.3, -0.25) is 4.79 Å². The van der Waals surface area contributed by atoms with Gasteiger partial charge in [-0.05, 0) is 63.1 Å². The van der Waals surface area contributed by atoms with Crippen LogP contribution in [-0.2, 0) is 4.79 Å². The standard InChI is InChI=1S/C18H22N4O2.ClH/c1-13-10-12-20-18(21-13)24-16-7-4-15(5-8-16)22-17(23)9-6-14-3-2-11-19-14;/h4-5,7-8,10,12,14,19H,2-3,6,9,11H2,1H3,(H,22,23);1H/t14-;/m0./s1. The van der Waals surface area contributed by atoms with E-state index in [4.69, 9.17) is 4.74 Å². The third-order valence-corrected chi connectivity index (χ3v) is 4.00. The van der Waals surface area contributed by atoms with Crippen LogP contribution < -0.4 is 15.4 Å². The first kappa shape index (κ1) is 19.1. The highest BCUT2D eigenvalue weighted by Crippen LogP contribution is 2.20. The first-order chi connectivity index (χ1) is 11.7. The number of amides is 1. The molecule has 1 atom stereocenters. The van der Waals surface area contributed by atoms with Gasteiger partial charge in [0.25, 0.3) is 0 Å². The van der Waals surface area contributed by atoms with Gasteiger partial charge in [0.05, 0.1) is 0 Å². The van der Waals surface area contributed by atoms with Crippen molar-refractivity contribution in [2.75, 3.05) is 11.9 Å². The molecule has 2 N–H and O–H groups in total. The number of aryl methyl sites for hydroxylation is 1. The zero-order chi connectivity index (χ0) is 16.8. The number of hydrogen-bond donors (Lipinski definition) is 2. The number of benzene rings is 1. The third-order valence-electron chi connectivity index (χ3n) is 4.00. The Morgan fingerprint density at radius 2 is 2.12 bits per heavy atom. The molecular formula is C18H23ClN4O2. The number of hydrogen-bond acceptors (Lipinski definition) is 5. The van der Waals surface area contributed by atoms with E-state index in [1.54, 1.807) is 18.3 Å². The minimum absolute atomic E-state index is 0. The summed E-state index contributed by atoms with van der Waals surface area (Å²) in [5, 5.41) is 6.31. The van der Waals surface area contributed by atoms with Gasteiger partial charge >= 0.3 is 6.01 Å². The Bertz CT molecular complexity index is 688. The maximum atomic E-state index is 12.0. The Labute approximate surface area is 153 Å².